The molecule has 1 aromatic carbocycles. The van der Waals surface area contributed by atoms with Crippen LogP contribution in [0.2, 0.25) is 0 Å². The van der Waals surface area contributed by atoms with E-state index in [0.717, 1.165) is 12.8 Å². The fraction of sp³-hybridized carbons (Fsp3) is 0.462. The largest absolute Gasteiger partial charge is 0.354 e. The van der Waals surface area contributed by atoms with Crippen molar-refractivity contribution in [3.63, 3.8) is 0 Å². The highest BCUT2D eigenvalue weighted by molar-refractivity contribution is 5.56. The molecular weight excluding hydrogens is 218 g/mol. The normalized spacial score (nSPS) is 25.7. The predicted molar refractivity (Wildman–Crippen MR) is 63.5 cm³/mol. The van der Waals surface area contributed by atoms with Gasteiger partial charge in [-0.2, -0.15) is 0 Å². The maximum absolute atomic E-state index is 10.8. The lowest BCUT2D eigenvalue weighted by atomic mass is 10.2. The predicted octanol–water partition coefficient (Wildman–Crippen LogP) is 1.06. The number of ether oxygens (including phenoxy) is 2. The van der Waals surface area contributed by atoms with Crippen molar-refractivity contribution >= 4 is 6.29 Å². The van der Waals surface area contributed by atoms with Crippen LogP contribution in [-0.4, -0.2) is 43.8 Å². The summed E-state index contributed by atoms with van der Waals surface area (Å²) in [5, 5.41) is 0. The molecule has 92 valence electrons. The summed E-state index contributed by atoms with van der Waals surface area (Å²) in [4.78, 5) is 13.0. The zero-order chi connectivity index (χ0) is 12.1. The van der Waals surface area contributed by atoms with Gasteiger partial charge in [-0.25, -0.2) is 0 Å². The summed E-state index contributed by atoms with van der Waals surface area (Å²) >= 11 is 0. The van der Waals surface area contributed by atoms with E-state index in [1.807, 2.05) is 18.2 Å². The fourth-order valence-electron chi connectivity index (χ4n) is 2.00. The van der Waals surface area contributed by atoms with Crippen molar-refractivity contribution in [2.24, 2.45) is 0 Å². The number of carbonyl (C=O) groups is 1. The van der Waals surface area contributed by atoms with Crippen molar-refractivity contribution < 1.29 is 14.3 Å². The molecule has 2 unspecified atom stereocenters. The van der Waals surface area contributed by atoms with Crippen LogP contribution < -0.4 is 0 Å². The van der Waals surface area contributed by atoms with Gasteiger partial charge in [0.25, 0.3) is 0 Å². The van der Waals surface area contributed by atoms with Crippen LogP contribution in [-0.2, 0) is 20.8 Å². The van der Waals surface area contributed by atoms with Gasteiger partial charge in [-0.05, 0) is 5.56 Å². The molecule has 0 bridgehead atoms. The van der Waals surface area contributed by atoms with Gasteiger partial charge in [0, 0.05) is 26.7 Å². The van der Waals surface area contributed by atoms with Gasteiger partial charge in [0.05, 0.1) is 0 Å². The van der Waals surface area contributed by atoms with E-state index in [1.54, 1.807) is 7.11 Å². The Morgan fingerprint density at radius 3 is 2.82 bits per heavy atom. The zero-order valence-electron chi connectivity index (χ0n) is 9.91. The molecule has 1 aromatic rings. The molecule has 2 rings (SSSR count). The highest BCUT2D eigenvalue weighted by atomic mass is 16.7. The first-order valence-electron chi connectivity index (χ1n) is 5.71. The second-order valence-electron chi connectivity index (χ2n) is 4.16. The van der Waals surface area contributed by atoms with Gasteiger partial charge in [-0.1, -0.05) is 30.3 Å². The Kier molecular flexibility index (Phi) is 4.25. The summed E-state index contributed by atoms with van der Waals surface area (Å²) < 4.78 is 10.6. The first-order valence-corrected chi connectivity index (χ1v) is 5.71. The van der Waals surface area contributed by atoms with E-state index < -0.39 is 6.10 Å². The lowest BCUT2D eigenvalue weighted by Gasteiger charge is -2.35. The highest BCUT2D eigenvalue weighted by Gasteiger charge is 2.27. The molecule has 1 aliphatic heterocycles. The smallest absolute Gasteiger partial charge is 0.170 e. The van der Waals surface area contributed by atoms with Gasteiger partial charge in [-0.3, -0.25) is 4.90 Å². The van der Waals surface area contributed by atoms with E-state index >= 15 is 0 Å². The molecule has 0 N–H and O–H groups in total. The highest BCUT2D eigenvalue weighted by Crippen LogP contribution is 2.14. The first kappa shape index (κ1) is 12.2. The van der Waals surface area contributed by atoms with Crippen LogP contribution >= 0.6 is 0 Å². The number of hydrogen-bond acceptors (Lipinski definition) is 4. The average molecular weight is 235 g/mol. The Balaban J connectivity index is 1.98. The maximum Gasteiger partial charge on any atom is 0.170 e. The SMILES string of the molecule is COC1CN(Cc2ccccc2)CC(C=O)O1. The summed E-state index contributed by atoms with van der Waals surface area (Å²) in [6.45, 7) is 2.13. The van der Waals surface area contributed by atoms with Gasteiger partial charge in [0.15, 0.2) is 6.29 Å². The third-order valence-corrected chi connectivity index (χ3v) is 2.84. The summed E-state index contributed by atoms with van der Waals surface area (Å²) in [5.41, 5.74) is 1.23. The van der Waals surface area contributed by atoms with Gasteiger partial charge in [0.1, 0.15) is 12.4 Å². The number of rotatable bonds is 4. The summed E-state index contributed by atoms with van der Waals surface area (Å²) in [6, 6.07) is 10.2. The van der Waals surface area contributed by atoms with E-state index in [1.165, 1.54) is 5.56 Å². The molecule has 0 spiro atoms. The molecule has 1 aliphatic rings. The van der Waals surface area contributed by atoms with E-state index in [9.17, 15) is 4.79 Å². The number of carbonyl (C=O) groups excluding carboxylic acids is 1. The monoisotopic (exact) mass is 235 g/mol. The van der Waals surface area contributed by atoms with E-state index in [4.69, 9.17) is 9.47 Å². The Hall–Kier alpha value is -1.23. The van der Waals surface area contributed by atoms with Crippen molar-refractivity contribution in [2.45, 2.75) is 18.9 Å². The zero-order valence-corrected chi connectivity index (χ0v) is 9.91. The number of methoxy groups -OCH3 is 1. The number of benzene rings is 1. The Bertz CT molecular complexity index is 355. The van der Waals surface area contributed by atoms with E-state index in [0.29, 0.717) is 13.1 Å². The van der Waals surface area contributed by atoms with Crippen LogP contribution in [0.5, 0.6) is 0 Å². The Morgan fingerprint density at radius 1 is 1.41 bits per heavy atom. The molecule has 1 heterocycles. The minimum atomic E-state index is -0.391. The van der Waals surface area contributed by atoms with E-state index in [2.05, 4.69) is 17.0 Å². The lowest BCUT2D eigenvalue weighted by Crippen LogP contribution is -2.48. The van der Waals surface area contributed by atoms with Crippen LogP contribution in [0.4, 0.5) is 0 Å². The standard InChI is InChI=1S/C13H17NO3/c1-16-13-9-14(8-12(10-15)17-13)7-11-5-3-2-4-6-11/h2-6,10,12-13H,7-9H2,1H3. The van der Waals surface area contributed by atoms with Crippen molar-refractivity contribution in [3.8, 4) is 0 Å². The molecule has 0 saturated carbocycles. The second-order valence-corrected chi connectivity index (χ2v) is 4.16. The maximum atomic E-state index is 10.8. The number of nitrogens with zero attached hydrogens (tertiary/aromatic N) is 1. The third kappa shape index (κ3) is 3.36. The van der Waals surface area contributed by atoms with Gasteiger partial charge in [0.2, 0.25) is 0 Å². The van der Waals surface area contributed by atoms with Crippen LogP contribution in [0.25, 0.3) is 0 Å². The van der Waals surface area contributed by atoms with Crippen LogP contribution in [0.15, 0.2) is 30.3 Å². The minimum Gasteiger partial charge on any atom is -0.354 e. The first-order chi connectivity index (χ1) is 8.31. The summed E-state index contributed by atoms with van der Waals surface area (Å²) in [7, 11) is 1.60. The Labute approximate surface area is 101 Å². The topological polar surface area (TPSA) is 38.8 Å². The molecular formula is C13H17NO3. The number of hydrogen-bond donors (Lipinski definition) is 0. The van der Waals surface area contributed by atoms with Crippen molar-refractivity contribution in [1.82, 2.24) is 4.90 Å². The average Bonchev–Trinajstić information content (AvgIpc) is 2.39. The number of aldehydes is 1. The van der Waals surface area contributed by atoms with Crippen LogP contribution in [0, 0.1) is 0 Å². The molecule has 0 aromatic heterocycles. The lowest BCUT2D eigenvalue weighted by molar-refractivity contribution is -0.195. The van der Waals surface area contributed by atoms with Crippen molar-refractivity contribution in [2.75, 3.05) is 20.2 Å². The molecule has 0 amide bonds. The van der Waals surface area contributed by atoms with Crippen LogP contribution in [0.3, 0.4) is 0 Å². The molecule has 17 heavy (non-hydrogen) atoms. The molecule has 4 heteroatoms. The van der Waals surface area contributed by atoms with Crippen molar-refractivity contribution in [3.05, 3.63) is 35.9 Å². The fourth-order valence-corrected chi connectivity index (χ4v) is 2.00. The molecule has 0 radical (unpaired) electrons. The molecule has 1 saturated heterocycles. The van der Waals surface area contributed by atoms with Crippen molar-refractivity contribution in [1.29, 1.82) is 0 Å². The van der Waals surface area contributed by atoms with Gasteiger partial charge < -0.3 is 14.3 Å². The molecule has 0 aliphatic carbocycles. The molecule has 4 nitrogen and oxygen atoms in total. The minimum absolute atomic E-state index is 0.317. The summed E-state index contributed by atoms with van der Waals surface area (Å²) in [5.74, 6) is 0. The molecule has 1 fully saturated rings. The quantitative estimate of drug-likeness (QED) is 0.731. The summed E-state index contributed by atoms with van der Waals surface area (Å²) in [6.07, 6.45) is 0.128. The number of morpholine rings is 1. The Morgan fingerprint density at radius 2 is 2.18 bits per heavy atom. The van der Waals surface area contributed by atoms with Crippen LogP contribution in [0.1, 0.15) is 5.56 Å². The second kappa shape index (κ2) is 5.91. The molecule has 2 atom stereocenters. The third-order valence-electron chi connectivity index (χ3n) is 2.84. The van der Waals surface area contributed by atoms with Gasteiger partial charge >= 0.3 is 0 Å². The van der Waals surface area contributed by atoms with Gasteiger partial charge in [-0.15, -0.1) is 0 Å². The van der Waals surface area contributed by atoms with E-state index in [-0.39, 0.29) is 6.29 Å².